The number of aliphatic hydroxyl groups excluding tert-OH is 2. The summed E-state index contributed by atoms with van der Waals surface area (Å²) in [5.41, 5.74) is 0.587. The zero-order valence-electron chi connectivity index (χ0n) is 11.4. The number of aliphatic hydroxyl groups is 2. The average Bonchev–Trinajstić information content (AvgIpc) is 2.37. The Kier molecular flexibility index (Phi) is 6.49. The topological polar surface area (TPSA) is 70.0 Å². The molecule has 19 heavy (non-hydrogen) atoms. The molecule has 1 atom stereocenters. The van der Waals surface area contributed by atoms with Gasteiger partial charge in [0.15, 0.2) is 5.78 Å². The van der Waals surface area contributed by atoms with Crippen molar-refractivity contribution in [2.24, 2.45) is 0 Å². The molecule has 0 aliphatic heterocycles. The van der Waals surface area contributed by atoms with Crippen LogP contribution in [-0.2, 0) is 0 Å². The summed E-state index contributed by atoms with van der Waals surface area (Å²) in [4.78, 5) is 13.0. The number of hydrogen-bond acceptors (Lipinski definition) is 5. The number of rotatable bonds is 8. The van der Waals surface area contributed by atoms with E-state index in [9.17, 15) is 9.90 Å². The molecule has 0 spiro atoms. The van der Waals surface area contributed by atoms with Crippen LogP contribution in [0.1, 0.15) is 17.3 Å². The molecule has 0 bridgehead atoms. The minimum absolute atomic E-state index is 0.0197. The lowest BCUT2D eigenvalue weighted by Crippen LogP contribution is -2.34. The molecule has 0 aliphatic rings. The van der Waals surface area contributed by atoms with Crippen molar-refractivity contribution in [1.82, 2.24) is 4.90 Å². The highest BCUT2D eigenvalue weighted by Gasteiger charge is 2.09. The van der Waals surface area contributed by atoms with Gasteiger partial charge >= 0.3 is 0 Å². The molecule has 0 saturated carbocycles. The van der Waals surface area contributed by atoms with Gasteiger partial charge in [-0.2, -0.15) is 0 Å². The van der Waals surface area contributed by atoms with Gasteiger partial charge in [0.1, 0.15) is 18.5 Å². The fraction of sp³-hybridized carbons (Fsp3) is 0.500. The predicted molar refractivity (Wildman–Crippen MR) is 72.5 cm³/mol. The van der Waals surface area contributed by atoms with Gasteiger partial charge in [-0.25, -0.2) is 0 Å². The van der Waals surface area contributed by atoms with Gasteiger partial charge in [-0.3, -0.25) is 4.79 Å². The van der Waals surface area contributed by atoms with Crippen molar-refractivity contribution < 1.29 is 19.7 Å². The summed E-state index contributed by atoms with van der Waals surface area (Å²) >= 11 is 0. The van der Waals surface area contributed by atoms with Crippen LogP contribution in [0.4, 0.5) is 0 Å². The zero-order valence-corrected chi connectivity index (χ0v) is 11.4. The van der Waals surface area contributed by atoms with E-state index in [0.717, 1.165) is 0 Å². The molecule has 0 saturated heterocycles. The van der Waals surface area contributed by atoms with Crippen molar-refractivity contribution in [1.29, 1.82) is 0 Å². The van der Waals surface area contributed by atoms with Crippen LogP contribution >= 0.6 is 0 Å². The molecule has 0 radical (unpaired) electrons. The maximum absolute atomic E-state index is 11.2. The summed E-state index contributed by atoms with van der Waals surface area (Å²) in [5, 5.41) is 18.5. The average molecular weight is 267 g/mol. The SMILES string of the molecule is CC(=O)c1cccc(OC[C@@H](O)CN(C)CCO)c1. The standard InChI is InChI=1S/C14H21NO4/c1-11(17)12-4-3-5-14(8-12)19-10-13(18)9-15(2)6-7-16/h3-5,8,13,16,18H,6-7,9-10H2,1-2H3/t13-/m0/s1. The van der Waals surface area contributed by atoms with Gasteiger partial charge in [0, 0.05) is 18.7 Å². The van der Waals surface area contributed by atoms with E-state index in [1.807, 2.05) is 11.9 Å². The fourth-order valence-electron chi connectivity index (χ4n) is 1.67. The van der Waals surface area contributed by atoms with Crippen LogP contribution in [-0.4, -0.2) is 60.4 Å². The third kappa shape index (κ3) is 5.83. The molecule has 0 aromatic heterocycles. The largest absolute Gasteiger partial charge is 0.491 e. The molecule has 2 N–H and O–H groups in total. The predicted octanol–water partition coefficient (Wildman–Crippen LogP) is 0.553. The number of carbonyl (C=O) groups is 1. The van der Waals surface area contributed by atoms with Gasteiger partial charge in [-0.15, -0.1) is 0 Å². The molecule has 1 aromatic carbocycles. The summed E-state index contributed by atoms with van der Waals surface area (Å²) < 4.78 is 5.45. The molecule has 1 aromatic rings. The van der Waals surface area contributed by atoms with Crippen LogP contribution in [0.2, 0.25) is 0 Å². The highest BCUT2D eigenvalue weighted by molar-refractivity contribution is 5.94. The Labute approximate surface area is 113 Å². The van der Waals surface area contributed by atoms with Crippen molar-refractivity contribution in [3.05, 3.63) is 29.8 Å². The number of ether oxygens (including phenoxy) is 1. The van der Waals surface area contributed by atoms with Gasteiger partial charge in [-0.1, -0.05) is 12.1 Å². The number of likely N-dealkylation sites (N-methyl/N-ethyl adjacent to an activating group) is 1. The Morgan fingerprint density at radius 3 is 2.84 bits per heavy atom. The van der Waals surface area contributed by atoms with Crippen molar-refractivity contribution in [3.8, 4) is 5.75 Å². The second-order valence-electron chi connectivity index (χ2n) is 4.53. The number of benzene rings is 1. The smallest absolute Gasteiger partial charge is 0.159 e. The molecule has 5 heteroatoms. The van der Waals surface area contributed by atoms with Crippen molar-refractivity contribution >= 4 is 5.78 Å². The number of carbonyl (C=O) groups excluding carboxylic acids is 1. The first kappa shape index (κ1) is 15.6. The first-order chi connectivity index (χ1) is 9.02. The van der Waals surface area contributed by atoms with Crippen LogP contribution < -0.4 is 4.74 Å². The van der Waals surface area contributed by atoms with E-state index in [1.54, 1.807) is 24.3 Å². The lowest BCUT2D eigenvalue weighted by atomic mass is 10.1. The van der Waals surface area contributed by atoms with E-state index in [4.69, 9.17) is 9.84 Å². The van der Waals surface area contributed by atoms with Crippen molar-refractivity contribution in [3.63, 3.8) is 0 Å². The molecule has 0 amide bonds. The van der Waals surface area contributed by atoms with Crippen LogP contribution in [0.3, 0.4) is 0 Å². The Balaban J connectivity index is 2.43. The van der Waals surface area contributed by atoms with Gasteiger partial charge < -0.3 is 19.8 Å². The van der Waals surface area contributed by atoms with Crippen LogP contribution in [0.25, 0.3) is 0 Å². The van der Waals surface area contributed by atoms with Crippen molar-refractivity contribution in [2.45, 2.75) is 13.0 Å². The highest BCUT2D eigenvalue weighted by atomic mass is 16.5. The third-order valence-corrected chi connectivity index (χ3v) is 2.69. The van der Waals surface area contributed by atoms with Crippen molar-refractivity contribution in [2.75, 3.05) is 33.4 Å². The minimum atomic E-state index is -0.641. The van der Waals surface area contributed by atoms with E-state index in [1.165, 1.54) is 6.92 Å². The van der Waals surface area contributed by atoms with Crippen LogP contribution in [0.5, 0.6) is 5.75 Å². The summed E-state index contributed by atoms with van der Waals surface area (Å²) in [7, 11) is 1.82. The van der Waals surface area contributed by atoms with Gasteiger partial charge in [0.2, 0.25) is 0 Å². The van der Waals surface area contributed by atoms with E-state index < -0.39 is 6.10 Å². The minimum Gasteiger partial charge on any atom is -0.491 e. The second-order valence-corrected chi connectivity index (χ2v) is 4.53. The number of nitrogens with zero attached hydrogens (tertiary/aromatic N) is 1. The molecular weight excluding hydrogens is 246 g/mol. The second kappa shape index (κ2) is 7.89. The van der Waals surface area contributed by atoms with E-state index in [-0.39, 0.29) is 19.0 Å². The third-order valence-electron chi connectivity index (χ3n) is 2.69. The molecule has 106 valence electrons. The highest BCUT2D eigenvalue weighted by Crippen LogP contribution is 2.14. The quantitative estimate of drug-likeness (QED) is 0.673. The first-order valence-corrected chi connectivity index (χ1v) is 6.24. The summed E-state index contributed by atoms with van der Waals surface area (Å²) in [6.07, 6.45) is -0.641. The Morgan fingerprint density at radius 1 is 1.47 bits per heavy atom. The number of Topliss-reactive ketones (excluding diaryl/α,β-unsaturated/α-hetero) is 1. The summed E-state index contributed by atoms with van der Waals surface area (Å²) in [6, 6.07) is 6.88. The van der Waals surface area contributed by atoms with Gasteiger partial charge in [-0.05, 0) is 26.1 Å². The van der Waals surface area contributed by atoms with E-state index in [2.05, 4.69) is 0 Å². The molecule has 0 aliphatic carbocycles. The molecule has 5 nitrogen and oxygen atoms in total. The first-order valence-electron chi connectivity index (χ1n) is 6.24. The molecule has 0 unspecified atom stereocenters. The number of hydrogen-bond donors (Lipinski definition) is 2. The lowest BCUT2D eigenvalue weighted by molar-refractivity contribution is 0.0710. The molecule has 0 heterocycles. The Bertz CT molecular complexity index is 408. The molecule has 1 rings (SSSR count). The fourth-order valence-corrected chi connectivity index (χ4v) is 1.67. The van der Waals surface area contributed by atoms with E-state index in [0.29, 0.717) is 24.4 Å². The lowest BCUT2D eigenvalue weighted by Gasteiger charge is -2.19. The molecule has 0 fully saturated rings. The van der Waals surface area contributed by atoms with Crippen LogP contribution in [0, 0.1) is 0 Å². The van der Waals surface area contributed by atoms with Crippen LogP contribution in [0.15, 0.2) is 24.3 Å². The van der Waals surface area contributed by atoms with Gasteiger partial charge in [0.05, 0.1) is 6.61 Å². The maximum Gasteiger partial charge on any atom is 0.159 e. The Morgan fingerprint density at radius 2 is 2.21 bits per heavy atom. The maximum atomic E-state index is 11.2. The normalized spacial score (nSPS) is 12.5. The summed E-state index contributed by atoms with van der Waals surface area (Å²) in [6.45, 7) is 2.64. The number of ketones is 1. The monoisotopic (exact) mass is 267 g/mol. The Hall–Kier alpha value is -1.43. The molecular formula is C14H21NO4. The van der Waals surface area contributed by atoms with E-state index >= 15 is 0 Å². The summed E-state index contributed by atoms with van der Waals surface area (Å²) in [5.74, 6) is 0.547. The van der Waals surface area contributed by atoms with Gasteiger partial charge in [0.25, 0.3) is 0 Å². The zero-order chi connectivity index (χ0) is 14.3.